The summed E-state index contributed by atoms with van der Waals surface area (Å²) in [6, 6.07) is 3.73. The Morgan fingerprint density at radius 2 is 1.94 bits per heavy atom. The molecule has 0 spiro atoms. The Bertz CT molecular complexity index is 983. The monoisotopic (exact) mass is 435 g/mol. The van der Waals surface area contributed by atoms with Crippen molar-refractivity contribution in [1.29, 1.82) is 0 Å². The highest BCUT2D eigenvalue weighted by Crippen LogP contribution is 2.65. The fourth-order valence-corrected chi connectivity index (χ4v) is 8.20. The topological polar surface area (TPSA) is 62.3 Å². The van der Waals surface area contributed by atoms with Gasteiger partial charge in [-0.25, -0.2) is 4.98 Å². The third-order valence-corrected chi connectivity index (χ3v) is 9.60. The lowest BCUT2D eigenvalue weighted by molar-refractivity contribution is -0.147. The third kappa shape index (κ3) is 3.14. The van der Waals surface area contributed by atoms with E-state index in [-0.39, 0.29) is 17.2 Å². The second kappa shape index (κ2) is 7.43. The van der Waals surface area contributed by atoms with Gasteiger partial charge in [0.05, 0.1) is 0 Å². The Hall–Kier alpha value is -2.17. The molecular formula is C27H37N3O2. The van der Waals surface area contributed by atoms with Gasteiger partial charge in [0, 0.05) is 24.4 Å². The molecule has 172 valence electrons. The SMILES string of the molecule is CC1=C2N(C)C(=O)C(C(=O)Nc3ccc(C)cn3)C[C@]2(C)[C@@H]2CC[C@]3(C)CCC[C@H]3[C@@H]2C1. The van der Waals surface area contributed by atoms with Crippen LogP contribution in [0.5, 0.6) is 0 Å². The van der Waals surface area contributed by atoms with Gasteiger partial charge in [-0.1, -0.05) is 31.9 Å². The van der Waals surface area contributed by atoms with Gasteiger partial charge in [0.1, 0.15) is 11.7 Å². The second-order valence-electron chi connectivity index (χ2n) is 11.6. The molecule has 1 aromatic heterocycles. The maximum Gasteiger partial charge on any atom is 0.239 e. The van der Waals surface area contributed by atoms with Crippen molar-refractivity contribution in [1.82, 2.24) is 9.88 Å². The van der Waals surface area contributed by atoms with Crippen LogP contribution in [0.25, 0.3) is 0 Å². The minimum absolute atomic E-state index is 0.0820. The zero-order valence-corrected chi connectivity index (χ0v) is 20.2. The van der Waals surface area contributed by atoms with Gasteiger partial charge in [-0.05, 0) is 87.2 Å². The van der Waals surface area contributed by atoms with Crippen LogP contribution in [-0.4, -0.2) is 28.7 Å². The summed E-state index contributed by atoms with van der Waals surface area (Å²) in [4.78, 5) is 32.8. The molecular weight excluding hydrogens is 398 g/mol. The molecule has 2 saturated carbocycles. The second-order valence-corrected chi connectivity index (χ2v) is 11.6. The van der Waals surface area contributed by atoms with Gasteiger partial charge in [0.2, 0.25) is 11.8 Å². The van der Waals surface area contributed by atoms with Crippen LogP contribution in [-0.2, 0) is 9.59 Å². The van der Waals surface area contributed by atoms with E-state index in [4.69, 9.17) is 0 Å². The summed E-state index contributed by atoms with van der Waals surface area (Å²) in [7, 11) is 1.88. The van der Waals surface area contributed by atoms with Crippen molar-refractivity contribution < 1.29 is 9.59 Å². The van der Waals surface area contributed by atoms with Crippen LogP contribution in [0.4, 0.5) is 5.82 Å². The molecule has 0 aromatic carbocycles. The number of aryl methyl sites for hydroxylation is 1. The highest BCUT2D eigenvalue weighted by molar-refractivity contribution is 6.07. The van der Waals surface area contributed by atoms with Crippen molar-refractivity contribution in [3.05, 3.63) is 35.2 Å². The summed E-state index contributed by atoms with van der Waals surface area (Å²) in [5.74, 6) is 1.54. The Morgan fingerprint density at radius 1 is 1.16 bits per heavy atom. The van der Waals surface area contributed by atoms with Gasteiger partial charge in [-0.3, -0.25) is 9.59 Å². The molecule has 2 amide bonds. The van der Waals surface area contributed by atoms with E-state index in [2.05, 4.69) is 31.1 Å². The van der Waals surface area contributed by atoms with Crippen LogP contribution in [0.1, 0.15) is 71.3 Å². The van der Waals surface area contributed by atoms with Gasteiger partial charge in [-0.15, -0.1) is 0 Å². The molecule has 5 rings (SSSR count). The van der Waals surface area contributed by atoms with Crippen LogP contribution in [0.3, 0.4) is 0 Å². The number of hydrogen-bond donors (Lipinski definition) is 1. The lowest BCUT2D eigenvalue weighted by atomic mass is 9.48. The predicted octanol–water partition coefficient (Wildman–Crippen LogP) is 5.32. The zero-order valence-electron chi connectivity index (χ0n) is 20.2. The molecule has 32 heavy (non-hydrogen) atoms. The number of carbonyl (C=O) groups is 2. The van der Waals surface area contributed by atoms with Gasteiger partial charge in [-0.2, -0.15) is 0 Å². The minimum Gasteiger partial charge on any atom is -0.318 e. The normalized spacial score (nSPS) is 38.8. The quantitative estimate of drug-likeness (QED) is 0.639. The first kappa shape index (κ1) is 21.7. The lowest BCUT2D eigenvalue weighted by Crippen LogP contribution is -2.57. The maximum atomic E-state index is 13.4. The number of aromatic nitrogens is 1. The first-order chi connectivity index (χ1) is 15.1. The van der Waals surface area contributed by atoms with Crippen molar-refractivity contribution in [2.24, 2.45) is 34.5 Å². The highest BCUT2D eigenvalue weighted by atomic mass is 16.2. The lowest BCUT2D eigenvalue weighted by Gasteiger charge is -2.59. The smallest absolute Gasteiger partial charge is 0.239 e. The number of amides is 2. The van der Waals surface area contributed by atoms with E-state index >= 15 is 0 Å². The minimum atomic E-state index is -0.666. The third-order valence-electron chi connectivity index (χ3n) is 9.60. The molecule has 1 unspecified atom stereocenters. The van der Waals surface area contributed by atoms with E-state index in [0.717, 1.165) is 17.9 Å². The average molecular weight is 436 g/mol. The van der Waals surface area contributed by atoms with E-state index < -0.39 is 5.92 Å². The Morgan fingerprint density at radius 3 is 2.66 bits per heavy atom. The number of nitrogens with one attached hydrogen (secondary N) is 1. The van der Waals surface area contributed by atoms with Gasteiger partial charge >= 0.3 is 0 Å². The van der Waals surface area contributed by atoms with Gasteiger partial charge in [0.25, 0.3) is 0 Å². The largest absolute Gasteiger partial charge is 0.318 e. The van der Waals surface area contributed by atoms with Crippen molar-refractivity contribution >= 4 is 17.6 Å². The van der Waals surface area contributed by atoms with E-state index in [1.165, 1.54) is 43.4 Å². The average Bonchev–Trinajstić information content (AvgIpc) is 3.14. The van der Waals surface area contributed by atoms with Gasteiger partial charge in [0.15, 0.2) is 0 Å². The first-order valence-corrected chi connectivity index (χ1v) is 12.4. The number of pyridine rings is 1. The van der Waals surface area contributed by atoms with Crippen LogP contribution in [0, 0.1) is 41.4 Å². The molecule has 5 heteroatoms. The number of likely N-dealkylation sites (tertiary alicyclic amines) is 1. The molecule has 1 aromatic rings. The van der Waals surface area contributed by atoms with Crippen LogP contribution < -0.4 is 5.32 Å². The molecule has 2 heterocycles. The summed E-state index contributed by atoms with van der Waals surface area (Å²) in [5, 5.41) is 2.92. The molecule has 4 aliphatic rings. The number of nitrogens with zero attached hydrogens (tertiary/aromatic N) is 2. The summed E-state index contributed by atoms with van der Waals surface area (Å²) in [6.45, 7) is 9.05. The van der Waals surface area contributed by atoms with Gasteiger partial charge < -0.3 is 10.2 Å². The van der Waals surface area contributed by atoms with Crippen LogP contribution in [0.15, 0.2) is 29.6 Å². The van der Waals surface area contributed by atoms with E-state index in [1.54, 1.807) is 12.3 Å². The molecule has 3 aliphatic carbocycles. The number of piperidine rings is 1. The standard InChI is InChI=1S/C27H37N3O2/c1-16-8-9-22(28-15-16)29-24(31)19-14-27(4)21-10-12-26(3)11-6-7-20(26)18(21)13-17(2)23(27)30(5)25(19)32/h8-9,15,18-21H,6-7,10-14H2,1-5H3,(H,28,29,31)/t18-,19?,20-,21+,26-,27+/m0/s1. The van der Waals surface area contributed by atoms with Crippen molar-refractivity contribution in [3.63, 3.8) is 0 Å². The number of allylic oxidation sites excluding steroid dienone is 2. The summed E-state index contributed by atoms with van der Waals surface area (Å²) in [5.41, 5.74) is 3.95. The Labute approximate surface area is 192 Å². The van der Waals surface area contributed by atoms with Crippen molar-refractivity contribution in [2.45, 2.75) is 72.6 Å². The molecule has 5 nitrogen and oxygen atoms in total. The number of fused-ring (bicyclic) bond motifs is 5. The molecule has 1 saturated heterocycles. The fraction of sp³-hybridized carbons (Fsp3) is 0.667. The number of carbonyl (C=O) groups excluding carboxylic acids is 2. The number of anilines is 1. The fourth-order valence-electron chi connectivity index (χ4n) is 8.20. The molecule has 6 atom stereocenters. The highest BCUT2D eigenvalue weighted by Gasteiger charge is 2.60. The van der Waals surface area contributed by atoms with E-state index in [0.29, 0.717) is 29.5 Å². The zero-order chi connectivity index (χ0) is 22.8. The van der Waals surface area contributed by atoms with Crippen molar-refractivity contribution in [2.75, 3.05) is 12.4 Å². The first-order valence-electron chi connectivity index (χ1n) is 12.4. The molecule has 1 N–H and O–H groups in total. The molecule has 0 bridgehead atoms. The van der Waals surface area contributed by atoms with E-state index in [1.807, 2.05) is 24.9 Å². The van der Waals surface area contributed by atoms with Crippen LogP contribution >= 0.6 is 0 Å². The van der Waals surface area contributed by atoms with E-state index in [9.17, 15) is 9.59 Å². The molecule has 1 aliphatic heterocycles. The summed E-state index contributed by atoms with van der Waals surface area (Å²) < 4.78 is 0. The number of rotatable bonds is 2. The summed E-state index contributed by atoms with van der Waals surface area (Å²) >= 11 is 0. The Kier molecular flexibility index (Phi) is 5.03. The Balaban J connectivity index is 1.47. The van der Waals surface area contributed by atoms with Crippen LogP contribution in [0.2, 0.25) is 0 Å². The van der Waals surface area contributed by atoms with Crippen molar-refractivity contribution in [3.8, 4) is 0 Å². The molecule has 0 radical (unpaired) electrons. The summed E-state index contributed by atoms with van der Waals surface area (Å²) in [6.07, 6.45) is 9.99. The molecule has 3 fully saturated rings. The number of hydrogen-bond acceptors (Lipinski definition) is 3. The predicted molar refractivity (Wildman–Crippen MR) is 126 cm³/mol. The maximum absolute atomic E-state index is 13.4.